The SMILES string of the molecule is CCC(C)c1ccc(C(CN2CCNCC2)N(CC)CC)cc1. The molecule has 1 aromatic carbocycles. The van der Waals surface area contributed by atoms with E-state index < -0.39 is 0 Å². The molecule has 1 aromatic rings. The van der Waals surface area contributed by atoms with Gasteiger partial charge in [-0.05, 0) is 36.6 Å². The molecule has 0 bridgehead atoms. The first-order valence-electron chi connectivity index (χ1n) is 9.46. The van der Waals surface area contributed by atoms with Crippen molar-refractivity contribution in [2.24, 2.45) is 0 Å². The molecule has 23 heavy (non-hydrogen) atoms. The summed E-state index contributed by atoms with van der Waals surface area (Å²) in [6.07, 6.45) is 1.21. The van der Waals surface area contributed by atoms with Crippen LogP contribution in [0.15, 0.2) is 24.3 Å². The number of benzene rings is 1. The number of piperazine rings is 1. The van der Waals surface area contributed by atoms with Crippen LogP contribution in [0.2, 0.25) is 0 Å². The molecule has 1 heterocycles. The van der Waals surface area contributed by atoms with Gasteiger partial charge in [-0.2, -0.15) is 0 Å². The van der Waals surface area contributed by atoms with Crippen LogP contribution in [0, 0.1) is 0 Å². The van der Waals surface area contributed by atoms with Crippen molar-refractivity contribution >= 4 is 0 Å². The van der Waals surface area contributed by atoms with Gasteiger partial charge in [0, 0.05) is 38.8 Å². The van der Waals surface area contributed by atoms with E-state index in [0.29, 0.717) is 12.0 Å². The molecule has 0 saturated carbocycles. The zero-order valence-electron chi connectivity index (χ0n) is 15.5. The quantitative estimate of drug-likeness (QED) is 0.792. The summed E-state index contributed by atoms with van der Waals surface area (Å²) >= 11 is 0. The van der Waals surface area contributed by atoms with Crippen molar-refractivity contribution in [1.82, 2.24) is 15.1 Å². The van der Waals surface area contributed by atoms with E-state index in [1.807, 2.05) is 0 Å². The summed E-state index contributed by atoms with van der Waals surface area (Å²) in [5.74, 6) is 0.657. The molecule has 0 aliphatic carbocycles. The van der Waals surface area contributed by atoms with Gasteiger partial charge in [0.2, 0.25) is 0 Å². The minimum Gasteiger partial charge on any atom is -0.314 e. The van der Waals surface area contributed by atoms with Gasteiger partial charge < -0.3 is 5.32 Å². The molecule has 1 N–H and O–H groups in total. The average molecular weight is 318 g/mol. The van der Waals surface area contributed by atoms with Crippen molar-refractivity contribution in [3.05, 3.63) is 35.4 Å². The molecule has 0 aromatic heterocycles. The summed E-state index contributed by atoms with van der Waals surface area (Å²) in [4.78, 5) is 5.21. The Kier molecular flexibility index (Phi) is 7.54. The number of likely N-dealkylation sites (N-methyl/N-ethyl adjacent to an activating group) is 1. The standard InChI is InChI=1S/C20H35N3/c1-5-17(4)18-8-10-19(11-9-18)20(23(6-2)7-3)16-22-14-12-21-13-15-22/h8-11,17,20-21H,5-7,12-16H2,1-4H3. The van der Waals surface area contributed by atoms with Crippen molar-refractivity contribution in [3.63, 3.8) is 0 Å². The van der Waals surface area contributed by atoms with Gasteiger partial charge in [0.1, 0.15) is 0 Å². The second kappa shape index (κ2) is 9.41. The molecule has 3 nitrogen and oxygen atoms in total. The average Bonchev–Trinajstić information content (AvgIpc) is 2.62. The number of rotatable bonds is 8. The third-order valence-electron chi connectivity index (χ3n) is 5.40. The summed E-state index contributed by atoms with van der Waals surface area (Å²) in [7, 11) is 0. The lowest BCUT2D eigenvalue weighted by molar-refractivity contribution is 0.138. The predicted octanol–water partition coefficient (Wildman–Crippen LogP) is 3.49. The maximum Gasteiger partial charge on any atom is 0.0474 e. The molecule has 0 spiro atoms. The van der Waals surface area contributed by atoms with E-state index in [1.165, 1.54) is 30.6 Å². The highest BCUT2D eigenvalue weighted by atomic mass is 15.2. The Morgan fingerprint density at radius 3 is 2.09 bits per heavy atom. The summed E-state index contributed by atoms with van der Waals surface area (Å²) < 4.78 is 0. The molecule has 2 atom stereocenters. The predicted molar refractivity (Wildman–Crippen MR) is 100 cm³/mol. The Balaban J connectivity index is 2.14. The first kappa shape index (κ1) is 18.4. The molecular formula is C20H35N3. The Bertz CT molecular complexity index is 433. The van der Waals surface area contributed by atoms with Gasteiger partial charge in [0.05, 0.1) is 0 Å². The lowest BCUT2D eigenvalue weighted by Gasteiger charge is -2.36. The first-order valence-corrected chi connectivity index (χ1v) is 9.46. The van der Waals surface area contributed by atoms with E-state index in [9.17, 15) is 0 Å². The van der Waals surface area contributed by atoms with Crippen LogP contribution in [-0.4, -0.2) is 55.6 Å². The number of nitrogens with one attached hydrogen (secondary N) is 1. The van der Waals surface area contributed by atoms with Gasteiger partial charge >= 0.3 is 0 Å². The van der Waals surface area contributed by atoms with Crippen LogP contribution < -0.4 is 5.32 Å². The van der Waals surface area contributed by atoms with E-state index in [-0.39, 0.29) is 0 Å². The fraction of sp³-hybridized carbons (Fsp3) is 0.700. The van der Waals surface area contributed by atoms with Gasteiger partial charge in [0.15, 0.2) is 0 Å². The minimum atomic E-state index is 0.508. The highest BCUT2D eigenvalue weighted by Crippen LogP contribution is 2.25. The molecule has 1 saturated heterocycles. The fourth-order valence-corrected chi connectivity index (χ4v) is 3.52. The normalized spacial score (nSPS) is 19.0. The van der Waals surface area contributed by atoms with Gasteiger partial charge in [-0.15, -0.1) is 0 Å². The zero-order chi connectivity index (χ0) is 16.7. The van der Waals surface area contributed by atoms with E-state index in [4.69, 9.17) is 0 Å². The molecule has 0 amide bonds. The lowest BCUT2D eigenvalue weighted by atomic mass is 9.95. The Morgan fingerprint density at radius 1 is 1.00 bits per heavy atom. The van der Waals surface area contributed by atoms with Crippen molar-refractivity contribution in [2.45, 2.75) is 46.1 Å². The smallest absolute Gasteiger partial charge is 0.0474 e. The highest BCUT2D eigenvalue weighted by molar-refractivity contribution is 5.27. The maximum absolute atomic E-state index is 3.46. The second-order valence-electron chi connectivity index (χ2n) is 6.76. The van der Waals surface area contributed by atoms with Crippen molar-refractivity contribution in [3.8, 4) is 0 Å². The molecule has 3 heteroatoms. The molecule has 1 aliphatic heterocycles. The summed E-state index contributed by atoms with van der Waals surface area (Å²) in [5.41, 5.74) is 2.94. The molecule has 2 rings (SSSR count). The maximum atomic E-state index is 3.46. The van der Waals surface area contributed by atoms with Gasteiger partial charge in [-0.25, -0.2) is 0 Å². The monoisotopic (exact) mass is 317 g/mol. The Morgan fingerprint density at radius 2 is 1.57 bits per heavy atom. The summed E-state index contributed by atoms with van der Waals surface area (Å²) in [6.45, 7) is 17.1. The molecular weight excluding hydrogens is 282 g/mol. The third kappa shape index (κ3) is 5.03. The first-order chi connectivity index (χ1) is 11.2. The van der Waals surface area contributed by atoms with Crippen LogP contribution >= 0.6 is 0 Å². The number of hydrogen-bond donors (Lipinski definition) is 1. The largest absolute Gasteiger partial charge is 0.314 e. The highest BCUT2D eigenvalue weighted by Gasteiger charge is 2.22. The van der Waals surface area contributed by atoms with Crippen LogP contribution in [0.25, 0.3) is 0 Å². The van der Waals surface area contributed by atoms with Crippen molar-refractivity contribution in [2.75, 3.05) is 45.8 Å². The molecule has 1 fully saturated rings. The molecule has 2 unspecified atom stereocenters. The fourth-order valence-electron chi connectivity index (χ4n) is 3.52. The Labute approximate surface area is 143 Å². The van der Waals surface area contributed by atoms with Crippen LogP contribution in [0.4, 0.5) is 0 Å². The topological polar surface area (TPSA) is 18.5 Å². The molecule has 130 valence electrons. The molecule has 0 radical (unpaired) electrons. The minimum absolute atomic E-state index is 0.508. The number of hydrogen-bond acceptors (Lipinski definition) is 3. The Hall–Kier alpha value is -0.900. The summed E-state index contributed by atoms with van der Waals surface area (Å²) in [5, 5.41) is 3.46. The van der Waals surface area contributed by atoms with E-state index >= 15 is 0 Å². The van der Waals surface area contributed by atoms with Gasteiger partial charge in [0.25, 0.3) is 0 Å². The van der Waals surface area contributed by atoms with Gasteiger partial charge in [-0.1, -0.05) is 52.0 Å². The van der Waals surface area contributed by atoms with Gasteiger partial charge in [-0.3, -0.25) is 9.80 Å². The second-order valence-corrected chi connectivity index (χ2v) is 6.76. The van der Waals surface area contributed by atoms with Crippen LogP contribution in [0.5, 0.6) is 0 Å². The number of nitrogens with zero attached hydrogens (tertiary/aromatic N) is 2. The zero-order valence-corrected chi connectivity index (χ0v) is 15.5. The lowest BCUT2D eigenvalue weighted by Crippen LogP contribution is -2.47. The van der Waals surface area contributed by atoms with Crippen LogP contribution in [0.1, 0.15) is 57.2 Å². The van der Waals surface area contributed by atoms with E-state index in [0.717, 1.165) is 32.7 Å². The third-order valence-corrected chi connectivity index (χ3v) is 5.40. The van der Waals surface area contributed by atoms with Crippen LogP contribution in [0.3, 0.4) is 0 Å². The summed E-state index contributed by atoms with van der Waals surface area (Å²) in [6, 6.07) is 9.93. The van der Waals surface area contributed by atoms with Crippen molar-refractivity contribution in [1.29, 1.82) is 0 Å². The van der Waals surface area contributed by atoms with E-state index in [1.54, 1.807) is 0 Å². The van der Waals surface area contributed by atoms with E-state index in [2.05, 4.69) is 67.1 Å². The van der Waals surface area contributed by atoms with Crippen molar-refractivity contribution < 1.29 is 0 Å². The molecule has 1 aliphatic rings. The van der Waals surface area contributed by atoms with Crippen LogP contribution in [-0.2, 0) is 0 Å².